The summed E-state index contributed by atoms with van der Waals surface area (Å²) in [5.74, 6) is 0.480. The topological polar surface area (TPSA) is 103 Å². The number of rotatable bonds is 5. The first-order valence-corrected chi connectivity index (χ1v) is 11.9. The molecule has 174 valence electrons. The second-order valence-electron chi connectivity index (χ2n) is 8.32. The lowest BCUT2D eigenvalue weighted by Gasteiger charge is -2.33. The van der Waals surface area contributed by atoms with Crippen molar-refractivity contribution < 1.29 is 9.59 Å². The van der Waals surface area contributed by atoms with Crippen molar-refractivity contribution >= 4 is 61.6 Å². The van der Waals surface area contributed by atoms with Gasteiger partial charge in [0, 0.05) is 63.0 Å². The van der Waals surface area contributed by atoms with Gasteiger partial charge in [-0.25, -0.2) is 15.0 Å². The average molecular weight is 476 g/mol. The third-order valence-corrected chi connectivity index (χ3v) is 6.77. The fourth-order valence-corrected chi connectivity index (χ4v) is 5.09. The second kappa shape index (κ2) is 9.32. The molecule has 1 aliphatic heterocycles. The van der Waals surface area contributed by atoms with E-state index < -0.39 is 0 Å². The van der Waals surface area contributed by atoms with Gasteiger partial charge in [0.05, 0.1) is 11.2 Å². The van der Waals surface area contributed by atoms with Crippen LogP contribution in [0.2, 0.25) is 0 Å². The molecule has 0 radical (unpaired) electrons. The highest BCUT2D eigenvalue weighted by atomic mass is 32.1. The van der Waals surface area contributed by atoms with Gasteiger partial charge in [0.1, 0.15) is 16.0 Å². The van der Waals surface area contributed by atoms with Crippen LogP contribution in [-0.4, -0.2) is 62.7 Å². The third kappa shape index (κ3) is 4.82. The predicted octanol–water partition coefficient (Wildman–Crippen LogP) is 3.61. The Balaban J connectivity index is 1.37. The summed E-state index contributed by atoms with van der Waals surface area (Å²) in [6.45, 7) is 7.08. The maximum absolute atomic E-state index is 11.6. The number of nitrogens with zero attached hydrogens (tertiary/aromatic N) is 5. The molecular formula is C24H25N7O2S. The van der Waals surface area contributed by atoms with Crippen molar-refractivity contribution in [1.29, 1.82) is 0 Å². The SMILES string of the molecule is CC(=O)Nc1cccc(Nc2ncc3ccc4sc(CN5CCN(C(C)=O)CC5)nc4c3n2)c1. The van der Waals surface area contributed by atoms with Gasteiger partial charge >= 0.3 is 0 Å². The molecule has 2 aromatic carbocycles. The number of hydrogen-bond acceptors (Lipinski definition) is 8. The summed E-state index contributed by atoms with van der Waals surface area (Å²) in [4.78, 5) is 41.3. The fraction of sp³-hybridized carbons (Fsp3) is 0.292. The maximum atomic E-state index is 11.6. The van der Waals surface area contributed by atoms with E-state index in [0.717, 1.165) is 64.5 Å². The Labute approximate surface area is 200 Å². The van der Waals surface area contributed by atoms with Crippen molar-refractivity contribution in [3.63, 3.8) is 0 Å². The van der Waals surface area contributed by atoms with E-state index >= 15 is 0 Å². The molecule has 1 saturated heterocycles. The molecule has 10 heteroatoms. The number of anilines is 3. The number of amides is 2. The molecule has 1 fully saturated rings. The van der Waals surface area contributed by atoms with Gasteiger partial charge in [-0.2, -0.15) is 0 Å². The first kappa shape index (κ1) is 22.2. The molecule has 5 rings (SSSR count). The molecule has 2 amide bonds. The van der Waals surface area contributed by atoms with Gasteiger partial charge in [-0.1, -0.05) is 6.07 Å². The van der Waals surface area contributed by atoms with Crippen LogP contribution in [-0.2, 0) is 16.1 Å². The van der Waals surface area contributed by atoms with Crippen LogP contribution in [0.1, 0.15) is 18.9 Å². The maximum Gasteiger partial charge on any atom is 0.227 e. The molecule has 0 atom stereocenters. The Bertz CT molecular complexity index is 1380. The molecule has 0 aliphatic carbocycles. The highest BCUT2D eigenvalue weighted by Gasteiger charge is 2.20. The molecule has 0 unspecified atom stereocenters. The Hall–Kier alpha value is -3.63. The molecular weight excluding hydrogens is 450 g/mol. The average Bonchev–Trinajstić information content (AvgIpc) is 3.22. The molecule has 2 N–H and O–H groups in total. The molecule has 3 heterocycles. The zero-order chi connectivity index (χ0) is 23.7. The van der Waals surface area contributed by atoms with Gasteiger partial charge in [0.15, 0.2) is 0 Å². The lowest BCUT2D eigenvalue weighted by molar-refractivity contribution is -0.130. The first-order valence-electron chi connectivity index (χ1n) is 11.1. The summed E-state index contributed by atoms with van der Waals surface area (Å²) < 4.78 is 1.09. The standard InChI is InChI=1S/C24H25N7O2S/c1-15(32)26-18-4-3-5-19(12-18)27-24-25-13-17-6-7-20-23(22(17)29-24)28-21(34-20)14-30-8-10-31(11-9-30)16(2)33/h3-7,12-13H,8-11,14H2,1-2H3,(H,26,32)(H,25,27,29). The monoisotopic (exact) mass is 475 g/mol. The summed E-state index contributed by atoms with van der Waals surface area (Å²) in [7, 11) is 0. The number of nitrogens with one attached hydrogen (secondary N) is 2. The van der Waals surface area contributed by atoms with E-state index in [-0.39, 0.29) is 11.8 Å². The van der Waals surface area contributed by atoms with E-state index in [0.29, 0.717) is 11.6 Å². The van der Waals surface area contributed by atoms with Gasteiger partial charge in [-0.05, 0) is 30.3 Å². The van der Waals surface area contributed by atoms with Crippen molar-refractivity contribution in [3.8, 4) is 0 Å². The van der Waals surface area contributed by atoms with E-state index in [4.69, 9.17) is 9.97 Å². The van der Waals surface area contributed by atoms with Gasteiger partial charge < -0.3 is 15.5 Å². The van der Waals surface area contributed by atoms with E-state index in [2.05, 4.69) is 26.6 Å². The Kier molecular flexibility index (Phi) is 6.08. The van der Waals surface area contributed by atoms with Crippen LogP contribution in [0.25, 0.3) is 21.1 Å². The number of benzene rings is 2. The zero-order valence-corrected chi connectivity index (χ0v) is 19.9. The smallest absolute Gasteiger partial charge is 0.227 e. The van der Waals surface area contributed by atoms with Gasteiger partial charge in [-0.3, -0.25) is 14.5 Å². The molecule has 9 nitrogen and oxygen atoms in total. The normalized spacial score (nSPS) is 14.5. The summed E-state index contributed by atoms with van der Waals surface area (Å²) in [6, 6.07) is 11.5. The zero-order valence-electron chi connectivity index (χ0n) is 19.0. The number of aromatic nitrogens is 3. The van der Waals surface area contributed by atoms with Gasteiger partial charge in [-0.15, -0.1) is 11.3 Å². The summed E-state index contributed by atoms with van der Waals surface area (Å²) in [6.07, 6.45) is 1.79. The Morgan fingerprint density at radius 1 is 1.00 bits per heavy atom. The minimum Gasteiger partial charge on any atom is -0.340 e. The van der Waals surface area contributed by atoms with Crippen molar-refractivity contribution in [2.75, 3.05) is 36.8 Å². The highest BCUT2D eigenvalue weighted by molar-refractivity contribution is 7.18. The lowest BCUT2D eigenvalue weighted by atomic mass is 10.2. The number of hydrogen-bond donors (Lipinski definition) is 2. The number of carbonyl (C=O) groups excluding carboxylic acids is 2. The quantitative estimate of drug-likeness (QED) is 0.454. The molecule has 0 saturated carbocycles. The predicted molar refractivity (Wildman–Crippen MR) is 134 cm³/mol. The van der Waals surface area contributed by atoms with Crippen LogP contribution in [0.4, 0.5) is 17.3 Å². The Morgan fingerprint density at radius 2 is 1.79 bits per heavy atom. The van der Waals surface area contributed by atoms with Crippen LogP contribution in [0.3, 0.4) is 0 Å². The first-order chi connectivity index (χ1) is 16.4. The van der Waals surface area contributed by atoms with E-state index in [9.17, 15) is 9.59 Å². The van der Waals surface area contributed by atoms with Crippen LogP contribution < -0.4 is 10.6 Å². The molecule has 0 bridgehead atoms. The van der Waals surface area contributed by atoms with Crippen molar-refractivity contribution in [2.24, 2.45) is 0 Å². The Morgan fingerprint density at radius 3 is 2.56 bits per heavy atom. The van der Waals surface area contributed by atoms with Crippen LogP contribution in [0, 0.1) is 0 Å². The molecule has 1 aliphatic rings. The minimum absolute atomic E-state index is 0.124. The highest BCUT2D eigenvalue weighted by Crippen LogP contribution is 2.30. The van der Waals surface area contributed by atoms with Crippen LogP contribution in [0.15, 0.2) is 42.6 Å². The second-order valence-corrected chi connectivity index (χ2v) is 9.44. The third-order valence-electron chi connectivity index (χ3n) is 5.77. The van der Waals surface area contributed by atoms with Crippen molar-refractivity contribution in [2.45, 2.75) is 20.4 Å². The van der Waals surface area contributed by atoms with E-state index in [1.807, 2.05) is 35.2 Å². The number of carbonyl (C=O) groups is 2. The van der Waals surface area contributed by atoms with E-state index in [1.54, 1.807) is 24.5 Å². The molecule has 0 spiro atoms. The van der Waals surface area contributed by atoms with Gasteiger partial charge in [0.2, 0.25) is 17.8 Å². The van der Waals surface area contributed by atoms with E-state index in [1.165, 1.54) is 6.92 Å². The number of thiazole rings is 1. The summed E-state index contributed by atoms with van der Waals surface area (Å²) >= 11 is 1.68. The minimum atomic E-state index is -0.124. The largest absolute Gasteiger partial charge is 0.340 e. The summed E-state index contributed by atoms with van der Waals surface area (Å²) in [5, 5.41) is 7.96. The van der Waals surface area contributed by atoms with Crippen LogP contribution >= 0.6 is 11.3 Å². The summed E-state index contributed by atoms with van der Waals surface area (Å²) in [5.41, 5.74) is 3.16. The number of fused-ring (bicyclic) bond motifs is 3. The lowest BCUT2D eigenvalue weighted by Crippen LogP contribution is -2.47. The molecule has 34 heavy (non-hydrogen) atoms. The fourth-order valence-electron chi connectivity index (χ4n) is 4.08. The number of piperazine rings is 1. The van der Waals surface area contributed by atoms with Crippen molar-refractivity contribution in [3.05, 3.63) is 47.6 Å². The molecule has 4 aromatic rings. The molecule has 2 aromatic heterocycles. The van der Waals surface area contributed by atoms with Crippen molar-refractivity contribution in [1.82, 2.24) is 24.8 Å². The van der Waals surface area contributed by atoms with Gasteiger partial charge in [0.25, 0.3) is 0 Å². The van der Waals surface area contributed by atoms with Crippen LogP contribution in [0.5, 0.6) is 0 Å².